The van der Waals surface area contributed by atoms with E-state index in [0.717, 1.165) is 29.8 Å². The smallest absolute Gasteiger partial charge is 0.319 e. The van der Waals surface area contributed by atoms with Crippen molar-refractivity contribution in [2.45, 2.75) is 45.3 Å². The van der Waals surface area contributed by atoms with Crippen molar-refractivity contribution >= 4 is 11.7 Å². The Balaban J connectivity index is 1.59. The maximum Gasteiger partial charge on any atom is 0.319 e. The maximum absolute atomic E-state index is 12.1. The van der Waals surface area contributed by atoms with E-state index < -0.39 is 0 Å². The molecule has 1 fully saturated rings. The first-order chi connectivity index (χ1) is 11.6. The first-order valence-electron chi connectivity index (χ1n) is 8.27. The number of aromatic nitrogens is 3. The zero-order valence-electron chi connectivity index (χ0n) is 14.1. The summed E-state index contributed by atoms with van der Waals surface area (Å²) in [5.41, 5.74) is 1.69. The lowest BCUT2D eigenvalue weighted by molar-refractivity contribution is 0.209. The molecule has 0 atom stereocenters. The van der Waals surface area contributed by atoms with Crippen molar-refractivity contribution < 1.29 is 9.53 Å². The fourth-order valence-electron chi connectivity index (χ4n) is 2.87. The highest BCUT2D eigenvalue weighted by Crippen LogP contribution is 2.30. The highest BCUT2D eigenvalue weighted by Gasteiger charge is 2.18. The first kappa shape index (κ1) is 16.3. The Morgan fingerprint density at radius 2 is 2.17 bits per heavy atom. The van der Waals surface area contributed by atoms with Gasteiger partial charge in [-0.1, -0.05) is 6.07 Å². The van der Waals surface area contributed by atoms with Crippen LogP contribution in [0, 0.1) is 6.92 Å². The van der Waals surface area contributed by atoms with Gasteiger partial charge in [0.05, 0.1) is 12.6 Å². The average Bonchev–Trinajstić information content (AvgIpc) is 3.21. The molecule has 2 aromatic rings. The minimum atomic E-state index is -0.279. The lowest BCUT2D eigenvalue weighted by Gasteiger charge is -2.17. The second kappa shape index (κ2) is 7.33. The number of carbonyl (C=O) groups excluding carboxylic acids is 1. The molecule has 1 aliphatic carbocycles. The molecule has 1 aromatic heterocycles. The van der Waals surface area contributed by atoms with Crippen LogP contribution in [0.3, 0.4) is 0 Å². The predicted molar refractivity (Wildman–Crippen MR) is 90.9 cm³/mol. The number of nitrogens with one attached hydrogen (secondary N) is 2. The molecular weight excluding hydrogens is 306 g/mol. The van der Waals surface area contributed by atoms with E-state index in [4.69, 9.17) is 4.74 Å². The van der Waals surface area contributed by atoms with Crippen LogP contribution in [0.2, 0.25) is 0 Å². The van der Waals surface area contributed by atoms with Crippen LogP contribution < -0.4 is 15.4 Å². The van der Waals surface area contributed by atoms with Crippen molar-refractivity contribution in [1.29, 1.82) is 0 Å². The zero-order chi connectivity index (χ0) is 16.9. The third-order valence-corrected chi connectivity index (χ3v) is 4.34. The van der Waals surface area contributed by atoms with Crippen LogP contribution >= 0.6 is 0 Å². The van der Waals surface area contributed by atoms with Crippen molar-refractivity contribution in [3.8, 4) is 5.75 Å². The van der Waals surface area contributed by atoms with Crippen molar-refractivity contribution in [3.63, 3.8) is 0 Å². The van der Waals surface area contributed by atoms with Crippen molar-refractivity contribution in [3.05, 3.63) is 35.9 Å². The van der Waals surface area contributed by atoms with E-state index >= 15 is 0 Å². The van der Waals surface area contributed by atoms with Gasteiger partial charge in [0.25, 0.3) is 0 Å². The van der Waals surface area contributed by atoms with Gasteiger partial charge in [0.15, 0.2) is 0 Å². The molecule has 1 saturated carbocycles. The number of nitrogens with zero attached hydrogens (tertiary/aromatic N) is 3. The number of carbonyl (C=O) groups is 1. The van der Waals surface area contributed by atoms with Gasteiger partial charge < -0.3 is 15.4 Å². The summed E-state index contributed by atoms with van der Waals surface area (Å²) >= 11 is 0. The average molecular weight is 329 g/mol. The highest BCUT2D eigenvalue weighted by atomic mass is 16.5. The number of amides is 2. The van der Waals surface area contributed by atoms with Crippen LogP contribution in [0.1, 0.15) is 37.1 Å². The highest BCUT2D eigenvalue weighted by molar-refractivity contribution is 5.90. The van der Waals surface area contributed by atoms with Crippen molar-refractivity contribution in [1.82, 2.24) is 20.1 Å². The molecule has 0 radical (unpaired) electrons. The molecule has 1 aromatic carbocycles. The molecule has 128 valence electrons. The Kier molecular flexibility index (Phi) is 4.98. The Hall–Kier alpha value is -2.57. The summed E-state index contributed by atoms with van der Waals surface area (Å²) in [4.78, 5) is 16.2. The number of benzene rings is 1. The summed E-state index contributed by atoms with van der Waals surface area (Å²) < 4.78 is 7.70. The topological polar surface area (TPSA) is 81.1 Å². The lowest BCUT2D eigenvalue weighted by atomic mass is 10.1. The van der Waals surface area contributed by atoms with Gasteiger partial charge in [-0.3, -0.25) is 4.68 Å². The van der Waals surface area contributed by atoms with Gasteiger partial charge in [0, 0.05) is 18.3 Å². The van der Waals surface area contributed by atoms with Crippen LogP contribution in [0.15, 0.2) is 24.5 Å². The number of hydrogen-bond donors (Lipinski definition) is 2. The molecule has 1 heterocycles. The molecular formula is C17H23N5O2. The van der Waals surface area contributed by atoms with E-state index in [9.17, 15) is 4.79 Å². The fourth-order valence-corrected chi connectivity index (χ4v) is 2.87. The van der Waals surface area contributed by atoms with E-state index in [1.165, 1.54) is 19.2 Å². The van der Waals surface area contributed by atoms with Gasteiger partial charge in [-0.05, 0) is 44.7 Å². The number of anilines is 1. The molecule has 0 spiro atoms. The van der Waals surface area contributed by atoms with Crippen molar-refractivity contribution in [2.75, 3.05) is 5.32 Å². The van der Waals surface area contributed by atoms with E-state index in [2.05, 4.69) is 20.7 Å². The molecule has 24 heavy (non-hydrogen) atoms. The molecule has 3 rings (SSSR count). The number of aryl methyl sites for hydroxylation is 1. The van der Waals surface area contributed by atoms with E-state index in [1.54, 1.807) is 11.7 Å². The third kappa shape index (κ3) is 3.84. The van der Waals surface area contributed by atoms with Crippen LogP contribution in [0.5, 0.6) is 5.75 Å². The summed E-state index contributed by atoms with van der Waals surface area (Å²) in [5.74, 6) is 1.54. The van der Waals surface area contributed by atoms with Gasteiger partial charge in [-0.2, -0.15) is 5.10 Å². The molecule has 0 unspecified atom stereocenters. The van der Waals surface area contributed by atoms with E-state index in [1.807, 2.05) is 25.1 Å². The standard InChI is InChI=1S/C17H23N5O2/c1-12-14(8-5-9-15(12)24-13-6-3-4-7-13)21-17(23)18-10-16-19-11-20-22(16)2/h5,8-9,11,13H,3-4,6-7,10H2,1-2H3,(H2,18,21,23). The van der Waals surface area contributed by atoms with Crippen molar-refractivity contribution in [2.24, 2.45) is 7.05 Å². The molecule has 7 nitrogen and oxygen atoms in total. The Morgan fingerprint density at radius 1 is 1.38 bits per heavy atom. The number of ether oxygens (including phenoxy) is 1. The second-order valence-electron chi connectivity index (χ2n) is 6.06. The zero-order valence-corrected chi connectivity index (χ0v) is 14.1. The van der Waals surface area contributed by atoms with Gasteiger partial charge in [0.2, 0.25) is 0 Å². The monoisotopic (exact) mass is 329 g/mol. The molecule has 0 saturated heterocycles. The summed E-state index contributed by atoms with van der Waals surface area (Å²) in [7, 11) is 1.79. The molecule has 0 aliphatic heterocycles. The summed E-state index contributed by atoms with van der Waals surface area (Å²) in [6.07, 6.45) is 6.43. The summed E-state index contributed by atoms with van der Waals surface area (Å²) in [5, 5.41) is 9.62. The van der Waals surface area contributed by atoms with Gasteiger partial charge in [-0.15, -0.1) is 0 Å². The first-order valence-corrected chi connectivity index (χ1v) is 8.27. The maximum atomic E-state index is 12.1. The van der Waals surface area contributed by atoms with Gasteiger partial charge in [0.1, 0.15) is 17.9 Å². The summed E-state index contributed by atoms with van der Waals surface area (Å²) in [6, 6.07) is 5.45. The Bertz CT molecular complexity index is 707. The van der Waals surface area contributed by atoms with Crippen LogP contribution in [-0.2, 0) is 13.6 Å². The van der Waals surface area contributed by atoms with Gasteiger partial charge >= 0.3 is 6.03 Å². The second-order valence-corrected chi connectivity index (χ2v) is 6.06. The number of hydrogen-bond acceptors (Lipinski definition) is 4. The SMILES string of the molecule is Cc1c(NC(=O)NCc2ncnn2C)cccc1OC1CCCC1. The van der Waals surface area contributed by atoms with Gasteiger partial charge in [-0.25, -0.2) is 9.78 Å². The van der Waals surface area contributed by atoms with Crippen LogP contribution in [0.25, 0.3) is 0 Å². The quantitative estimate of drug-likeness (QED) is 0.884. The summed E-state index contributed by atoms with van der Waals surface area (Å²) in [6.45, 7) is 2.28. The third-order valence-electron chi connectivity index (χ3n) is 4.34. The normalized spacial score (nSPS) is 14.6. The number of urea groups is 1. The largest absolute Gasteiger partial charge is 0.490 e. The molecule has 1 aliphatic rings. The predicted octanol–water partition coefficient (Wildman–Crippen LogP) is 2.77. The molecule has 2 amide bonds. The Morgan fingerprint density at radius 3 is 2.88 bits per heavy atom. The number of rotatable bonds is 5. The minimum Gasteiger partial charge on any atom is -0.490 e. The lowest BCUT2D eigenvalue weighted by Crippen LogP contribution is -2.29. The minimum absolute atomic E-state index is 0.279. The van der Waals surface area contributed by atoms with E-state index in [-0.39, 0.29) is 6.03 Å². The molecule has 2 N–H and O–H groups in total. The Labute approximate surface area is 141 Å². The fraction of sp³-hybridized carbons (Fsp3) is 0.471. The van der Waals surface area contributed by atoms with E-state index in [0.29, 0.717) is 18.5 Å². The molecule has 7 heteroatoms. The van der Waals surface area contributed by atoms with Crippen LogP contribution in [0.4, 0.5) is 10.5 Å². The molecule has 0 bridgehead atoms. The van der Waals surface area contributed by atoms with Crippen LogP contribution in [-0.4, -0.2) is 26.9 Å².